The van der Waals surface area contributed by atoms with Crippen LogP contribution in [0.3, 0.4) is 0 Å². The predicted octanol–water partition coefficient (Wildman–Crippen LogP) is 3.69. The van der Waals surface area contributed by atoms with Crippen molar-refractivity contribution in [2.45, 2.75) is 26.2 Å². The van der Waals surface area contributed by atoms with E-state index in [0.717, 1.165) is 35.7 Å². The molecule has 0 saturated heterocycles. The summed E-state index contributed by atoms with van der Waals surface area (Å²) in [6.45, 7) is 2.15. The molecule has 1 N–H and O–H groups in total. The Bertz CT molecular complexity index is 607. The van der Waals surface area contributed by atoms with E-state index in [0.29, 0.717) is 11.1 Å². The van der Waals surface area contributed by atoms with Gasteiger partial charge in [-0.15, -0.1) is 0 Å². The van der Waals surface area contributed by atoms with E-state index in [1.165, 1.54) is 0 Å². The zero-order chi connectivity index (χ0) is 13.7. The Morgan fingerprint density at radius 1 is 1.32 bits per heavy atom. The summed E-state index contributed by atoms with van der Waals surface area (Å²) in [6.07, 6.45) is 2.78. The van der Waals surface area contributed by atoms with Crippen LogP contribution in [0.5, 0.6) is 5.75 Å². The van der Waals surface area contributed by atoms with Gasteiger partial charge in [-0.25, -0.2) is 4.98 Å². The van der Waals surface area contributed by atoms with Crippen molar-refractivity contribution in [3.05, 3.63) is 52.1 Å². The molecule has 0 fully saturated rings. The molecule has 0 aliphatic rings. The van der Waals surface area contributed by atoms with Crippen molar-refractivity contribution in [3.8, 4) is 5.75 Å². The van der Waals surface area contributed by atoms with E-state index < -0.39 is 0 Å². The average molecular weight is 274 g/mol. The number of ether oxygens (including phenoxy) is 1. The van der Waals surface area contributed by atoms with E-state index in [9.17, 15) is 0 Å². The van der Waals surface area contributed by atoms with Gasteiger partial charge >= 0.3 is 0 Å². The first-order chi connectivity index (χ1) is 9.22. The third-order valence-corrected chi connectivity index (χ3v) is 3.13. The lowest BCUT2D eigenvalue weighted by Crippen LogP contribution is -2.02. The van der Waals surface area contributed by atoms with Crippen LogP contribution < -0.4 is 4.74 Å². The summed E-state index contributed by atoms with van der Waals surface area (Å²) in [4.78, 5) is 7.74. The summed E-state index contributed by atoms with van der Waals surface area (Å²) in [7, 11) is 1.68. The molecule has 3 nitrogen and oxygen atoms in total. The number of aromatic nitrogens is 2. The van der Waals surface area contributed by atoms with Gasteiger partial charge in [0.25, 0.3) is 0 Å². The maximum absolute atomic E-state index is 5.36. The molecule has 0 aliphatic heterocycles. The van der Waals surface area contributed by atoms with Gasteiger partial charge in [-0.2, -0.15) is 0 Å². The Morgan fingerprint density at radius 3 is 2.84 bits per heavy atom. The maximum Gasteiger partial charge on any atom is 0.130 e. The number of methoxy groups -OCH3 is 1. The molecule has 0 aliphatic carbocycles. The van der Waals surface area contributed by atoms with Gasteiger partial charge in [-0.1, -0.05) is 43.8 Å². The van der Waals surface area contributed by atoms with E-state index in [1.807, 2.05) is 30.3 Å². The number of aryl methyl sites for hydroxylation is 1. The molecule has 100 valence electrons. The van der Waals surface area contributed by atoms with E-state index in [2.05, 4.69) is 16.9 Å². The van der Waals surface area contributed by atoms with Gasteiger partial charge in [0.1, 0.15) is 16.2 Å². The van der Waals surface area contributed by atoms with Crippen LogP contribution in [0.25, 0.3) is 0 Å². The molecule has 0 spiro atoms. The number of para-hydroxylation sites is 1. The molecule has 0 saturated carbocycles. The van der Waals surface area contributed by atoms with Crippen LogP contribution >= 0.6 is 12.2 Å². The zero-order valence-corrected chi connectivity index (χ0v) is 12.1. The van der Waals surface area contributed by atoms with Gasteiger partial charge in [0.15, 0.2) is 0 Å². The molecular formula is C15H18N2OS. The van der Waals surface area contributed by atoms with Crippen LogP contribution in [0.1, 0.15) is 30.4 Å². The van der Waals surface area contributed by atoms with Gasteiger partial charge in [0, 0.05) is 17.7 Å². The predicted molar refractivity (Wildman–Crippen MR) is 79.2 cm³/mol. The topological polar surface area (TPSA) is 37.9 Å². The fourth-order valence-corrected chi connectivity index (χ4v) is 2.33. The van der Waals surface area contributed by atoms with E-state index in [1.54, 1.807) is 7.11 Å². The summed E-state index contributed by atoms with van der Waals surface area (Å²) in [5.74, 6) is 1.77. The Kier molecular flexibility index (Phi) is 4.68. The van der Waals surface area contributed by atoms with Gasteiger partial charge in [0.05, 0.1) is 7.11 Å². The van der Waals surface area contributed by atoms with Crippen LogP contribution in [0.2, 0.25) is 0 Å². The monoisotopic (exact) mass is 274 g/mol. The second kappa shape index (κ2) is 6.48. The van der Waals surface area contributed by atoms with Crippen LogP contribution in [-0.2, 0) is 12.8 Å². The second-order valence-corrected chi connectivity index (χ2v) is 4.85. The van der Waals surface area contributed by atoms with Crippen molar-refractivity contribution in [3.63, 3.8) is 0 Å². The standard InChI is InChI=1S/C15H18N2OS/c1-3-6-12-10-15(19)17-14(16-12)9-11-7-4-5-8-13(11)18-2/h4-5,7-8,10H,3,6,9H2,1-2H3,(H,16,17,19). The lowest BCUT2D eigenvalue weighted by Gasteiger charge is -2.09. The van der Waals surface area contributed by atoms with Crippen molar-refractivity contribution in [1.82, 2.24) is 9.97 Å². The third-order valence-electron chi connectivity index (χ3n) is 2.92. The number of nitrogens with zero attached hydrogens (tertiary/aromatic N) is 1. The largest absolute Gasteiger partial charge is 0.496 e. The fourth-order valence-electron chi connectivity index (χ4n) is 2.08. The van der Waals surface area contributed by atoms with Crippen LogP contribution in [0.4, 0.5) is 0 Å². The Labute approximate surface area is 118 Å². The van der Waals surface area contributed by atoms with Crippen molar-refractivity contribution < 1.29 is 4.74 Å². The van der Waals surface area contributed by atoms with E-state index in [4.69, 9.17) is 17.0 Å². The molecular weight excluding hydrogens is 256 g/mol. The molecule has 0 atom stereocenters. The molecule has 2 aromatic rings. The Morgan fingerprint density at radius 2 is 2.11 bits per heavy atom. The second-order valence-electron chi connectivity index (χ2n) is 4.43. The fraction of sp³-hybridized carbons (Fsp3) is 0.333. The first-order valence-electron chi connectivity index (χ1n) is 6.44. The van der Waals surface area contributed by atoms with Gasteiger partial charge < -0.3 is 9.72 Å². The minimum absolute atomic E-state index is 0.645. The van der Waals surface area contributed by atoms with Gasteiger partial charge in [-0.05, 0) is 18.6 Å². The lowest BCUT2D eigenvalue weighted by atomic mass is 10.1. The minimum atomic E-state index is 0.645. The number of rotatable bonds is 5. The van der Waals surface area contributed by atoms with E-state index in [-0.39, 0.29) is 0 Å². The number of nitrogens with one attached hydrogen (secondary N) is 1. The molecule has 19 heavy (non-hydrogen) atoms. The van der Waals surface area contributed by atoms with Crippen molar-refractivity contribution in [1.29, 1.82) is 0 Å². The summed E-state index contributed by atoms with van der Waals surface area (Å²) in [6, 6.07) is 9.90. The molecule has 1 heterocycles. The van der Waals surface area contributed by atoms with Crippen molar-refractivity contribution in [2.75, 3.05) is 7.11 Å². The molecule has 0 amide bonds. The normalized spacial score (nSPS) is 10.4. The lowest BCUT2D eigenvalue weighted by molar-refractivity contribution is 0.410. The number of hydrogen-bond donors (Lipinski definition) is 1. The highest BCUT2D eigenvalue weighted by molar-refractivity contribution is 7.71. The van der Waals surface area contributed by atoms with Gasteiger partial charge in [0.2, 0.25) is 0 Å². The molecule has 1 aromatic carbocycles. The number of aromatic amines is 1. The van der Waals surface area contributed by atoms with Crippen molar-refractivity contribution in [2.24, 2.45) is 0 Å². The molecule has 0 radical (unpaired) electrons. The summed E-state index contributed by atoms with van der Waals surface area (Å²) in [5, 5.41) is 0. The zero-order valence-electron chi connectivity index (χ0n) is 11.3. The third kappa shape index (κ3) is 3.64. The number of benzene rings is 1. The average Bonchev–Trinajstić information content (AvgIpc) is 2.39. The highest BCUT2D eigenvalue weighted by Gasteiger charge is 2.05. The van der Waals surface area contributed by atoms with Crippen LogP contribution in [0.15, 0.2) is 30.3 Å². The quantitative estimate of drug-likeness (QED) is 0.845. The van der Waals surface area contributed by atoms with Crippen LogP contribution in [-0.4, -0.2) is 17.1 Å². The van der Waals surface area contributed by atoms with Crippen LogP contribution in [0, 0.1) is 4.64 Å². The summed E-state index contributed by atoms with van der Waals surface area (Å²) >= 11 is 5.22. The highest BCUT2D eigenvalue weighted by Crippen LogP contribution is 2.19. The maximum atomic E-state index is 5.36. The van der Waals surface area contributed by atoms with Crippen molar-refractivity contribution >= 4 is 12.2 Å². The molecule has 4 heteroatoms. The summed E-state index contributed by atoms with van der Waals surface area (Å²) in [5.41, 5.74) is 2.25. The molecule has 0 bridgehead atoms. The Balaban J connectivity index is 2.30. The first kappa shape index (κ1) is 13.7. The molecule has 2 rings (SSSR count). The number of H-pyrrole nitrogens is 1. The smallest absolute Gasteiger partial charge is 0.130 e. The molecule has 0 unspecified atom stereocenters. The Hall–Kier alpha value is -1.68. The SMILES string of the molecule is CCCc1cc(=S)nc(Cc2ccccc2OC)[nH]1. The minimum Gasteiger partial charge on any atom is -0.496 e. The van der Waals surface area contributed by atoms with Gasteiger partial charge in [-0.3, -0.25) is 0 Å². The molecule has 1 aromatic heterocycles. The van der Waals surface area contributed by atoms with E-state index >= 15 is 0 Å². The highest BCUT2D eigenvalue weighted by atomic mass is 32.1. The number of hydrogen-bond acceptors (Lipinski definition) is 3. The summed E-state index contributed by atoms with van der Waals surface area (Å²) < 4.78 is 6.00. The first-order valence-corrected chi connectivity index (χ1v) is 6.84.